The Morgan fingerprint density at radius 2 is 2.04 bits per heavy atom. The minimum atomic E-state index is -3.21. The van der Waals surface area contributed by atoms with Gasteiger partial charge in [0.15, 0.2) is 15.7 Å². The molecule has 1 aliphatic rings. The number of benzene rings is 1. The molecule has 0 unspecified atom stereocenters. The zero-order chi connectivity index (χ0) is 18.2. The highest BCUT2D eigenvalue weighted by atomic mass is 35.5. The Morgan fingerprint density at radius 1 is 1.28 bits per heavy atom. The van der Waals surface area contributed by atoms with Crippen LogP contribution in [0.4, 0.5) is 11.6 Å². The Balaban J connectivity index is 2.01. The van der Waals surface area contributed by atoms with Gasteiger partial charge < -0.3 is 11.1 Å². The molecule has 3 rings (SSSR count). The van der Waals surface area contributed by atoms with Crippen molar-refractivity contribution in [1.82, 2.24) is 9.97 Å². The SMILES string of the molecule is CC(C)[C@H](Nc1ncnc(N)c1Cl)c1ccc2c(c1)S(=O)(=O)CCC2. The molecule has 0 spiro atoms. The average molecular weight is 381 g/mol. The molecule has 25 heavy (non-hydrogen) atoms. The number of nitrogens with one attached hydrogen (secondary N) is 1. The summed E-state index contributed by atoms with van der Waals surface area (Å²) in [5.74, 6) is 1.03. The molecule has 1 aliphatic heterocycles. The van der Waals surface area contributed by atoms with Crippen LogP contribution in [0.25, 0.3) is 0 Å². The van der Waals surface area contributed by atoms with E-state index >= 15 is 0 Å². The standard InChI is InChI=1S/C17H21ClN4O2S/c1-10(2)15(22-17-14(18)16(19)20-9-21-17)12-6-5-11-4-3-7-25(23,24)13(11)8-12/h5-6,8-10,15H,3-4,7H2,1-2H3,(H3,19,20,21,22)/t15-/m0/s1. The lowest BCUT2D eigenvalue weighted by Gasteiger charge is -2.26. The lowest BCUT2D eigenvalue weighted by atomic mass is 9.94. The van der Waals surface area contributed by atoms with E-state index in [0.717, 1.165) is 17.5 Å². The minimum Gasteiger partial charge on any atom is -0.382 e. The van der Waals surface area contributed by atoms with Gasteiger partial charge in [0, 0.05) is 0 Å². The third kappa shape index (κ3) is 3.57. The second-order valence-corrected chi connectivity index (χ2v) is 9.03. The number of sulfone groups is 1. The maximum atomic E-state index is 12.4. The fourth-order valence-electron chi connectivity index (χ4n) is 3.09. The van der Waals surface area contributed by atoms with Crippen molar-refractivity contribution in [2.45, 2.75) is 37.6 Å². The van der Waals surface area contributed by atoms with Crippen molar-refractivity contribution in [3.8, 4) is 0 Å². The Morgan fingerprint density at radius 3 is 2.76 bits per heavy atom. The summed E-state index contributed by atoms with van der Waals surface area (Å²) in [6.07, 6.45) is 2.82. The number of nitrogen functional groups attached to an aromatic ring is 1. The molecule has 3 N–H and O–H groups in total. The van der Waals surface area contributed by atoms with Crippen LogP contribution < -0.4 is 11.1 Å². The van der Waals surface area contributed by atoms with E-state index in [9.17, 15) is 8.42 Å². The quantitative estimate of drug-likeness (QED) is 0.844. The zero-order valence-electron chi connectivity index (χ0n) is 14.2. The van der Waals surface area contributed by atoms with Crippen LogP contribution in [0.15, 0.2) is 29.4 Å². The molecule has 1 aromatic heterocycles. The van der Waals surface area contributed by atoms with Crippen molar-refractivity contribution in [1.29, 1.82) is 0 Å². The van der Waals surface area contributed by atoms with Crippen LogP contribution in [-0.2, 0) is 16.3 Å². The first-order chi connectivity index (χ1) is 11.8. The average Bonchev–Trinajstić information content (AvgIpc) is 2.56. The molecule has 1 atom stereocenters. The van der Waals surface area contributed by atoms with Gasteiger partial charge in [0.1, 0.15) is 17.2 Å². The molecule has 0 bridgehead atoms. The number of aromatic nitrogens is 2. The van der Waals surface area contributed by atoms with Crippen molar-refractivity contribution in [2.75, 3.05) is 16.8 Å². The number of nitrogens with two attached hydrogens (primary N) is 1. The summed E-state index contributed by atoms with van der Waals surface area (Å²) < 4.78 is 24.8. The third-order valence-electron chi connectivity index (χ3n) is 4.42. The monoisotopic (exact) mass is 380 g/mol. The van der Waals surface area contributed by atoms with Gasteiger partial charge >= 0.3 is 0 Å². The van der Waals surface area contributed by atoms with Crippen molar-refractivity contribution in [3.63, 3.8) is 0 Å². The van der Waals surface area contributed by atoms with E-state index in [1.54, 1.807) is 6.07 Å². The molecule has 134 valence electrons. The van der Waals surface area contributed by atoms with Gasteiger partial charge in [-0.1, -0.05) is 37.6 Å². The summed E-state index contributed by atoms with van der Waals surface area (Å²) in [5.41, 5.74) is 7.51. The molecule has 2 aromatic rings. The van der Waals surface area contributed by atoms with E-state index in [1.807, 2.05) is 26.0 Å². The van der Waals surface area contributed by atoms with Crippen molar-refractivity contribution < 1.29 is 8.42 Å². The first-order valence-corrected chi connectivity index (χ1v) is 10.2. The smallest absolute Gasteiger partial charge is 0.178 e. The van der Waals surface area contributed by atoms with Crippen LogP contribution in [0.2, 0.25) is 5.02 Å². The first kappa shape index (κ1) is 17.9. The molecular weight excluding hydrogens is 360 g/mol. The highest BCUT2D eigenvalue weighted by Gasteiger charge is 2.26. The van der Waals surface area contributed by atoms with Crippen LogP contribution in [0.1, 0.15) is 37.4 Å². The van der Waals surface area contributed by atoms with Crippen LogP contribution in [0.3, 0.4) is 0 Å². The number of rotatable bonds is 4. The largest absolute Gasteiger partial charge is 0.382 e. The highest BCUT2D eigenvalue weighted by molar-refractivity contribution is 7.91. The molecule has 0 radical (unpaired) electrons. The molecule has 0 saturated carbocycles. The predicted molar refractivity (Wildman–Crippen MR) is 99.5 cm³/mol. The molecule has 2 heterocycles. The predicted octanol–water partition coefficient (Wildman–Crippen LogP) is 3.24. The molecule has 6 nitrogen and oxygen atoms in total. The van der Waals surface area contributed by atoms with E-state index in [0.29, 0.717) is 17.1 Å². The van der Waals surface area contributed by atoms with Gasteiger partial charge in [0.2, 0.25) is 0 Å². The fraction of sp³-hybridized carbons (Fsp3) is 0.412. The lowest BCUT2D eigenvalue weighted by Crippen LogP contribution is -2.21. The maximum Gasteiger partial charge on any atom is 0.178 e. The first-order valence-electron chi connectivity index (χ1n) is 8.17. The summed E-state index contributed by atoms with van der Waals surface area (Å²) in [6.45, 7) is 4.09. The molecular formula is C17H21ClN4O2S. The molecule has 0 fully saturated rings. The summed E-state index contributed by atoms with van der Waals surface area (Å²) >= 11 is 6.18. The van der Waals surface area contributed by atoms with Crippen LogP contribution in [0, 0.1) is 5.92 Å². The van der Waals surface area contributed by atoms with Crippen molar-refractivity contribution >= 4 is 33.1 Å². The third-order valence-corrected chi connectivity index (χ3v) is 6.67. The van der Waals surface area contributed by atoms with Crippen LogP contribution in [0.5, 0.6) is 0 Å². The van der Waals surface area contributed by atoms with E-state index in [-0.39, 0.29) is 28.6 Å². The number of nitrogens with zero attached hydrogens (tertiary/aromatic N) is 2. The summed E-state index contributed by atoms with van der Waals surface area (Å²) in [6, 6.07) is 5.50. The molecule has 1 aromatic carbocycles. The van der Waals surface area contributed by atoms with E-state index < -0.39 is 9.84 Å². The number of anilines is 2. The number of fused-ring (bicyclic) bond motifs is 1. The second-order valence-electron chi connectivity index (χ2n) is 6.58. The maximum absolute atomic E-state index is 12.4. The normalized spacial score (nSPS) is 17.1. The second kappa shape index (κ2) is 6.80. The van der Waals surface area contributed by atoms with Gasteiger partial charge in [0.05, 0.1) is 16.7 Å². The molecule has 8 heteroatoms. The summed E-state index contributed by atoms with van der Waals surface area (Å²) in [7, 11) is -3.21. The summed E-state index contributed by atoms with van der Waals surface area (Å²) in [5, 5.41) is 3.54. The highest BCUT2D eigenvalue weighted by Crippen LogP contribution is 2.34. The van der Waals surface area contributed by atoms with Crippen LogP contribution >= 0.6 is 11.6 Å². The zero-order valence-corrected chi connectivity index (χ0v) is 15.7. The van der Waals surface area contributed by atoms with E-state index in [2.05, 4.69) is 15.3 Å². The fourth-order valence-corrected chi connectivity index (χ4v) is 4.87. The van der Waals surface area contributed by atoms with Crippen LogP contribution in [-0.4, -0.2) is 24.1 Å². The molecule has 0 amide bonds. The Bertz CT molecular complexity index is 900. The number of aryl methyl sites for hydroxylation is 1. The Kier molecular flexibility index (Phi) is 4.88. The Labute approximate surface area is 152 Å². The van der Waals surface area contributed by atoms with Gasteiger partial charge in [-0.15, -0.1) is 0 Å². The number of hydrogen-bond acceptors (Lipinski definition) is 6. The van der Waals surface area contributed by atoms with E-state index in [1.165, 1.54) is 6.33 Å². The number of hydrogen-bond donors (Lipinski definition) is 2. The van der Waals surface area contributed by atoms with Gasteiger partial charge in [-0.3, -0.25) is 0 Å². The van der Waals surface area contributed by atoms with Crippen molar-refractivity contribution in [3.05, 3.63) is 40.7 Å². The molecule has 0 aliphatic carbocycles. The minimum absolute atomic E-state index is 0.158. The van der Waals surface area contributed by atoms with Gasteiger partial charge in [-0.25, -0.2) is 18.4 Å². The lowest BCUT2D eigenvalue weighted by molar-refractivity contribution is 0.542. The van der Waals surface area contributed by atoms with Gasteiger partial charge in [-0.2, -0.15) is 0 Å². The van der Waals surface area contributed by atoms with Crippen molar-refractivity contribution in [2.24, 2.45) is 5.92 Å². The molecule has 0 saturated heterocycles. The van der Waals surface area contributed by atoms with Gasteiger partial charge in [-0.05, 0) is 36.0 Å². The summed E-state index contributed by atoms with van der Waals surface area (Å²) in [4.78, 5) is 8.45. The van der Waals surface area contributed by atoms with E-state index in [4.69, 9.17) is 17.3 Å². The Hall–Kier alpha value is -1.86. The number of halogens is 1. The van der Waals surface area contributed by atoms with Gasteiger partial charge in [0.25, 0.3) is 0 Å². The topological polar surface area (TPSA) is 98.0 Å².